The Morgan fingerprint density at radius 2 is 2.20 bits per heavy atom. The Labute approximate surface area is 128 Å². The van der Waals surface area contributed by atoms with Gasteiger partial charge in [-0.25, -0.2) is 14.0 Å². The van der Waals surface area contributed by atoms with E-state index in [9.17, 15) is 14.0 Å². The predicted molar refractivity (Wildman–Crippen MR) is 80.7 cm³/mol. The molecule has 1 aromatic carbocycles. The molecule has 1 aromatic rings. The van der Waals surface area contributed by atoms with E-state index in [1.807, 2.05) is 6.26 Å². The van der Waals surface area contributed by atoms with Crippen molar-refractivity contribution in [2.24, 2.45) is 0 Å². The van der Waals surface area contributed by atoms with Crippen LogP contribution in [0.25, 0.3) is 0 Å². The molecule has 0 saturated heterocycles. The van der Waals surface area contributed by atoms with Crippen LogP contribution in [0.5, 0.6) is 0 Å². The van der Waals surface area contributed by atoms with Gasteiger partial charge in [0.25, 0.3) is 0 Å². The molecule has 2 amide bonds. The van der Waals surface area contributed by atoms with E-state index in [-0.39, 0.29) is 5.69 Å². The Kier molecular flexibility index (Phi) is 6.80. The Morgan fingerprint density at radius 3 is 2.80 bits per heavy atom. The van der Waals surface area contributed by atoms with Crippen LogP contribution in [-0.4, -0.2) is 35.2 Å². The van der Waals surface area contributed by atoms with Gasteiger partial charge < -0.3 is 15.7 Å². The fourth-order valence-corrected chi connectivity index (χ4v) is 2.24. The summed E-state index contributed by atoms with van der Waals surface area (Å²) in [5.41, 5.74) is -0.0223. The minimum absolute atomic E-state index is 0.0223. The molecule has 0 spiro atoms. The molecule has 1 atom stereocenters. The fourth-order valence-electron chi connectivity index (χ4n) is 1.40. The number of carbonyl (C=O) groups excluding carboxylic acids is 1. The number of hydrogen-bond donors (Lipinski definition) is 3. The second-order valence-corrected chi connectivity index (χ2v) is 5.80. The summed E-state index contributed by atoms with van der Waals surface area (Å²) in [5, 5.41) is 13.6. The van der Waals surface area contributed by atoms with E-state index in [1.165, 1.54) is 30.0 Å². The van der Waals surface area contributed by atoms with Crippen LogP contribution in [0.3, 0.4) is 0 Å². The zero-order valence-corrected chi connectivity index (χ0v) is 13.1. The number of carboxylic acid groups (broad SMARTS) is 1. The van der Waals surface area contributed by atoms with E-state index in [1.54, 1.807) is 0 Å². The van der Waals surface area contributed by atoms with Gasteiger partial charge in [0.05, 0.1) is 5.69 Å². The van der Waals surface area contributed by atoms with Crippen molar-refractivity contribution in [1.29, 1.82) is 0 Å². The number of benzene rings is 1. The third-order valence-corrected chi connectivity index (χ3v) is 3.53. The quantitative estimate of drug-likeness (QED) is 0.724. The number of rotatable bonds is 6. The van der Waals surface area contributed by atoms with Crippen LogP contribution < -0.4 is 10.6 Å². The molecule has 0 heterocycles. The summed E-state index contributed by atoms with van der Waals surface area (Å²) in [6.45, 7) is 0. The Bertz CT molecular complexity index is 502. The number of nitrogens with one attached hydrogen (secondary N) is 2. The van der Waals surface area contributed by atoms with Crippen molar-refractivity contribution in [3.63, 3.8) is 0 Å². The van der Waals surface area contributed by atoms with E-state index in [0.717, 1.165) is 0 Å². The monoisotopic (exact) mass is 364 g/mol. The van der Waals surface area contributed by atoms with Crippen LogP contribution in [0.15, 0.2) is 22.7 Å². The first-order valence-corrected chi connectivity index (χ1v) is 7.87. The molecule has 1 rings (SSSR count). The number of hydrogen-bond acceptors (Lipinski definition) is 3. The van der Waals surface area contributed by atoms with Crippen molar-refractivity contribution >= 4 is 45.4 Å². The van der Waals surface area contributed by atoms with Gasteiger partial charge in [0.1, 0.15) is 11.9 Å². The number of amides is 2. The molecule has 0 aliphatic carbocycles. The van der Waals surface area contributed by atoms with Crippen molar-refractivity contribution in [2.75, 3.05) is 17.3 Å². The van der Waals surface area contributed by atoms with Crippen molar-refractivity contribution in [3.8, 4) is 0 Å². The van der Waals surface area contributed by atoms with Gasteiger partial charge in [-0.05, 0) is 36.6 Å². The van der Waals surface area contributed by atoms with E-state index in [2.05, 4.69) is 26.6 Å². The number of anilines is 1. The molecule has 5 nitrogen and oxygen atoms in total. The fraction of sp³-hybridized carbons (Fsp3) is 0.333. The van der Waals surface area contributed by atoms with Crippen molar-refractivity contribution in [3.05, 3.63) is 28.5 Å². The van der Waals surface area contributed by atoms with Gasteiger partial charge >= 0.3 is 12.0 Å². The van der Waals surface area contributed by atoms with Gasteiger partial charge in [-0.15, -0.1) is 0 Å². The highest BCUT2D eigenvalue weighted by molar-refractivity contribution is 9.10. The van der Waals surface area contributed by atoms with Gasteiger partial charge in [-0.1, -0.05) is 15.9 Å². The molecule has 0 aromatic heterocycles. The Balaban J connectivity index is 2.65. The van der Waals surface area contributed by atoms with Crippen LogP contribution in [0.2, 0.25) is 0 Å². The Morgan fingerprint density at radius 1 is 1.50 bits per heavy atom. The maximum atomic E-state index is 13.4. The average molecular weight is 365 g/mol. The second kappa shape index (κ2) is 8.11. The lowest BCUT2D eigenvalue weighted by atomic mass is 10.2. The standard InChI is InChI=1S/C12H14BrFN2O3S/c1-20-5-4-9(11(17)18)15-12(19)16-10-6-7(13)2-3-8(10)14/h2-3,6,9H,4-5H2,1H3,(H,17,18)(H2,15,16,19)/t9-/m0/s1. The van der Waals surface area contributed by atoms with Gasteiger partial charge in [0, 0.05) is 4.47 Å². The van der Waals surface area contributed by atoms with Crippen LogP contribution in [-0.2, 0) is 4.79 Å². The molecule has 0 saturated carbocycles. The summed E-state index contributed by atoms with van der Waals surface area (Å²) in [4.78, 5) is 22.7. The average Bonchev–Trinajstić information content (AvgIpc) is 2.38. The number of carbonyl (C=O) groups is 2. The summed E-state index contributed by atoms with van der Waals surface area (Å²) in [6.07, 6.45) is 2.14. The maximum absolute atomic E-state index is 13.4. The molecule has 20 heavy (non-hydrogen) atoms. The maximum Gasteiger partial charge on any atom is 0.326 e. The van der Waals surface area contributed by atoms with E-state index >= 15 is 0 Å². The molecule has 3 N–H and O–H groups in total. The minimum Gasteiger partial charge on any atom is -0.480 e. The number of halogens is 2. The topological polar surface area (TPSA) is 78.4 Å². The minimum atomic E-state index is -1.12. The van der Waals surface area contributed by atoms with Gasteiger partial charge in [-0.3, -0.25) is 0 Å². The molecule has 0 fully saturated rings. The first-order chi connectivity index (χ1) is 9.43. The molecule has 0 bridgehead atoms. The molecule has 8 heteroatoms. The SMILES string of the molecule is CSCC[C@H](NC(=O)Nc1cc(Br)ccc1F)C(=O)O. The normalized spacial score (nSPS) is 11.8. The number of urea groups is 1. The van der Waals surface area contributed by atoms with Crippen LogP contribution in [0.4, 0.5) is 14.9 Å². The number of carboxylic acids is 1. The molecule has 110 valence electrons. The van der Waals surface area contributed by atoms with Crippen LogP contribution in [0.1, 0.15) is 6.42 Å². The summed E-state index contributed by atoms with van der Waals surface area (Å²) in [5.74, 6) is -1.12. The van der Waals surface area contributed by atoms with Crippen molar-refractivity contribution < 1.29 is 19.1 Å². The predicted octanol–water partition coefficient (Wildman–Crippen LogP) is 2.92. The van der Waals surface area contributed by atoms with Crippen LogP contribution >= 0.6 is 27.7 Å². The summed E-state index contributed by atoms with van der Waals surface area (Å²) >= 11 is 4.64. The van der Waals surface area contributed by atoms with Gasteiger partial charge in [0.15, 0.2) is 0 Å². The molecule has 0 aliphatic heterocycles. The lowest BCUT2D eigenvalue weighted by molar-refractivity contribution is -0.139. The molecule has 0 aliphatic rings. The van der Waals surface area contributed by atoms with Crippen LogP contribution in [0, 0.1) is 5.82 Å². The summed E-state index contributed by atoms with van der Waals surface area (Å²) in [7, 11) is 0. The molecule has 0 radical (unpaired) electrons. The largest absolute Gasteiger partial charge is 0.480 e. The number of thioether (sulfide) groups is 1. The van der Waals surface area contributed by atoms with Crippen molar-refractivity contribution in [1.82, 2.24) is 5.32 Å². The van der Waals surface area contributed by atoms with Crippen molar-refractivity contribution in [2.45, 2.75) is 12.5 Å². The third-order valence-electron chi connectivity index (χ3n) is 2.39. The molecule has 0 unspecified atom stereocenters. The second-order valence-electron chi connectivity index (χ2n) is 3.89. The highest BCUT2D eigenvalue weighted by Crippen LogP contribution is 2.19. The van der Waals surface area contributed by atoms with E-state index in [4.69, 9.17) is 5.11 Å². The zero-order valence-electron chi connectivity index (χ0n) is 10.7. The number of aliphatic carboxylic acids is 1. The highest BCUT2D eigenvalue weighted by atomic mass is 79.9. The lowest BCUT2D eigenvalue weighted by Crippen LogP contribution is -2.43. The summed E-state index contributed by atoms with van der Waals surface area (Å²) < 4.78 is 14.0. The molecular weight excluding hydrogens is 351 g/mol. The Hall–Kier alpha value is -1.28. The van der Waals surface area contributed by atoms with E-state index in [0.29, 0.717) is 16.6 Å². The van der Waals surface area contributed by atoms with Gasteiger partial charge in [-0.2, -0.15) is 11.8 Å². The third kappa shape index (κ3) is 5.38. The highest BCUT2D eigenvalue weighted by Gasteiger charge is 2.19. The lowest BCUT2D eigenvalue weighted by Gasteiger charge is -2.15. The van der Waals surface area contributed by atoms with E-state index < -0.39 is 23.9 Å². The first-order valence-electron chi connectivity index (χ1n) is 5.68. The smallest absolute Gasteiger partial charge is 0.326 e. The summed E-state index contributed by atoms with van der Waals surface area (Å²) in [6, 6.07) is 2.33. The zero-order chi connectivity index (χ0) is 15.1. The van der Waals surface area contributed by atoms with Gasteiger partial charge in [0.2, 0.25) is 0 Å². The first kappa shape index (κ1) is 16.8. The molecular formula is C12H14BrFN2O3S.